The Bertz CT molecular complexity index is 419. The maximum Gasteiger partial charge on any atom is 0.346 e. The highest BCUT2D eigenvalue weighted by molar-refractivity contribution is 7.80. The molecule has 0 amide bonds. The Hall–Kier alpha value is -1.17. The predicted octanol–water partition coefficient (Wildman–Crippen LogP) is -0.333. The molecule has 76 valence electrons. The maximum atomic E-state index is 11.7. The Morgan fingerprint density at radius 2 is 2.36 bits per heavy atom. The average Bonchev–Trinajstić information content (AvgIpc) is 2.44. The van der Waals surface area contributed by atoms with Gasteiger partial charge in [0.1, 0.15) is 5.82 Å². The standard InChI is InChI=1S/C8H12N4OS/c9-6(14)5-12-8(13)11-4-2-1-3-7(11)10-12/h1-5H2,(H2,9,14). The van der Waals surface area contributed by atoms with E-state index in [1.807, 2.05) is 0 Å². The quantitative estimate of drug-likeness (QED) is 0.682. The van der Waals surface area contributed by atoms with Gasteiger partial charge in [0.2, 0.25) is 0 Å². The summed E-state index contributed by atoms with van der Waals surface area (Å²) >= 11 is 4.75. The van der Waals surface area contributed by atoms with Gasteiger partial charge in [-0.05, 0) is 12.8 Å². The molecular weight excluding hydrogens is 200 g/mol. The van der Waals surface area contributed by atoms with Crippen LogP contribution in [0.2, 0.25) is 0 Å². The van der Waals surface area contributed by atoms with E-state index in [-0.39, 0.29) is 12.2 Å². The number of fused-ring (bicyclic) bond motifs is 1. The zero-order valence-corrected chi connectivity index (χ0v) is 8.59. The summed E-state index contributed by atoms with van der Waals surface area (Å²) in [7, 11) is 0. The normalized spacial score (nSPS) is 15.1. The van der Waals surface area contributed by atoms with Crippen molar-refractivity contribution in [3.8, 4) is 0 Å². The summed E-state index contributed by atoms with van der Waals surface area (Å²) < 4.78 is 3.06. The molecule has 0 saturated carbocycles. The molecule has 0 saturated heterocycles. The Morgan fingerprint density at radius 3 is 3.00 bits per heavy atom. The average molecular weight is 212 g/mol. The first-order valence-electron chi connectivity index (χ1n) is 4.63. The van der Waals surface area contributed by atoms with Crippen molar-refractivity contribution in [2.45, 2.75) is 32.4 Å². The molecule has 14 heavy (non-hydrogen) atoms. The molecule has 0 radical (unpaired) electrons. The second-order valence-electron chi connectivity index (χ2n) is 3.43. The van der Waals surface area contributed by atoms with Crippen LogP contribution in [0, 0.1) is 0 Å². The first-order chi connectivity index (χ1) is 6.68. The maximum absolute atomic E-state index is 11.7. The van der Waals surface area contributed by atoms with Gasteiger partial charge in [0, 0.05) is 13.0 Å². The highest BCUT2D eigenvalue weighted by Gasteiger charge is 2.16. The van der Waals surface area contributed by atoms with Crippen LogP contribution in [0.1, 0.15) is 18.7 Å². The van der Waals surface area contributed by atoms with Crippen LogP contribution < -0.4 is 11.4 Å². The van der Waals surface area contributed by atoms with Crippen LogP contribution in [0.4, 0.5) is 0 Å². The summed E-state index contributed by atoms with van der Waals surface area (Å²) in [6, 6.07) is 0. The SMILES string of the molecule is NC(=S)Cn1nc2n(c1=O)CCCC2. The Labute approximate surface area is 86.5 Å². The van der Waals surface area contributed by atoms with Gasteiger partial charge in [-0.25, -0.2) is 9.48 Å². The largest absolute Gasteiger partial charge is 0.392 e. The minimum absolute atomic E-state index is 0.0903. The molecule has 0 aromatic carbocycles. The molecule has 1 aromatic heterocycles. The van der Waals surface area contributed by atoms with Gasteiger partial charge < -0.3 is 5.73 Å². The fourth-order valence-electron chi connectivity index (χ4n) is 1.70. The van der Waals surface area contributed by atoms with Gasteiger partial charge in [-0.1, -0.05) is 12.2 Å². The van der Waals surface area contributed by atoms with Crippen molar-refractivity contribution in [2.24, 2.45) is 5.73 Å². The van der Waals surface area contributed by atoms with Crippen LogP contribution in [0.25, 0.3) is 0 Å². The topological polar surface area (TPSA) is 65.8 Å². The fraction of sp³-hybridized carbons (Fsp3) is 0.625. The van der Waals surface area contributed by atoms with Gasteiger partial charge >= 0.3 is 5.69 Å². The molecule has 2 rings (SSSR count). The van der Waals surface area contributed by atoms with Crippen LogP contribution in [0.15, 0.2) is 4.79 Å². The zero-order chi connectivity index (χ0) is 10.1. The molecule has 2 heterocycles. The monoisotopic (exact) mass is 212 g/mol. The van der Waals surface area contributed by atoms with E-state index in [1.165, 1.54) is 4.68 Å². The molecule has 0 fully saturated rings. The molecule has 0 aliphatic carbocycles. The van der Waals surface area contributed by atoms with Crippen molar-refractivity contribution in [2.75, 3.05) is 0 Å². The molecule has 1 aliphatic heterocycles. The lowest BCUT2D eigenvalue weighted by Crippen LogP contribution is -2.30. The summed E-state index contributed by atoms with van der Waals surface area (Å²) in [5, 5.41) is 4.19. The van der Waals surface area contributed by atoms with Crippen molar-refractivity contribution in [1.82, 2.24) is 14.3 Å². The van der Waals surface area contributed by atoms with Crippen molar-refractivity contribution in [3.63, 3.8) is 0 Å². The summed E-state index contributed by atoms with van der Waals surface area (Å²) in [5.74, 6) is 0.859. The molecule has 0 spiro atoms. The molecule has 1 aliphatic rings. The molecule has 2 N–H and O–H groups in total. The van der Waals surface area contributed by atoms with E-state index >= 15 is 0 Å². The van der Waals surface area contributed by atoms with Crippen LogP contribution in [-0.2, 0) is 19.5 Å². The number of aromatic nitrogens is 3. The van der Waals surface area contributed by atoms with Gasteiger partial charge in [-0.2, -0.15) is 5.10 Å². The van der Waals surface area contributed by atoms with E-state index < -0.39 is 0 Å². The molecule has 0 unspecified atom stereocenters. The summed E-state index contributed by atoms with van der Waals surface area (Å²) in [5.41, 5.74) is 5.28. The third kappa shape index (κ3) is 1.57. The van der Waals surface area contributed by atoms with Gasteiger partial charge in [0.25, 0.3) is 0 Å². The lowest BCUT2D eigenvalue weighted by Gasteiger charge is -2.09. The highest BCUT2D eigenvalue weighted by Crippen LogP contribution is 2.08. The van der Waals surface area contributed by atoms with Gasteiger partial charge in [-0.15, -0.1) is 0 Å². The predicted molar refractivity (Wildman–Crippen MR) is 56.2 cm³/mol. The van der Waals surface area contributed by atoms with Gasteiger partial charge in [-0.3, -0.25) is 4.57 Å². The summed E-state index contributed by atoms with van der Waals surface area (Å²) in [6.45, 7) is 1.01. The van der Waals surface area contributed by atoms with Crippen LogP contribution >= 0.6 is 12.2 Å². The van der Waals surface area contributed by atoms with Crippen molar-refractivity contribution >= 4 is 17.2 Å². The molecular formula is C8H12N4OS. The Balaban J connectivity index is 2.38. The second-order valence-corrected chi connectivity index (χ2v) is 3.96. The minimum atomic E-state index is -0.0903. The van der Waals surface area contributed by atoms with E-state index in [0.717, 1.165) is 31.6 Å². The molecule has 0 atom stereocenters. The number of nitrogens with two attached hydrogens (primary N) is 1. The van der Waals surface area contributed by atoms with Crippen LogP contribution in [0.3, 0.4) is 0 Å². The van der Waals surface area contributed by atoms with E-state index in [9.17, 15) is 4.79 Å². The lowest BCUT2D eigenvalue weighted by atomic mass is 10.2. The van der Waals surface area contributed by atoms with Crippen molar-refractivity contribution < 1.29 is 0 Å². The van der Waals surface area contributed by atoms with E-state index in [2.05, 4.69) is 5.10 Å². The van der Waals surface area contributed by atoms with Gasteiger partial charge in [0.15, 0.2) is 0 Å². The number of nitrogens with zero attached hydrogens (tertiary/aromatic N) is 3. The third-order valence-corrected chi connectivity index (χ3v) is 2.47. The first kappa shape index (κ1) is 9.39. The van der Waals surface area contributed by atoms with Crippen LogP contribution in [0.5, 0.6) is 0 Å². The lowest BCUT2D eigenvalue weighted by molar-refractivity contribution is 0.512. The second kappa shape index (κ2) is 3.53. The zero-order valence-electron chi connectivity index (χ0n) is 7.77. The van der Waals surface area contributed by atoms with Crippen LogP contribution in [-0.4, -0.2) is 19.3 Å². The smallest absolute Gasteiger partial charge is 0.346 e. The Morgan fingerprint density at radius 1 is 1.57 bits per heavy atom. The number of aryl methyl sites for hydroxylation is 1. The van der Waals surface area contributed by atoms with E-state index in [1.54, 1.807) is 4.57 Å². The van der Waals surface area contributed by atoms with Crippen molar-refractivity contribution in [3.05, 3.63) is 16.3 Å². The molecule has 0 bridgehead atoms. The number of thiocarbonyl (C=S) groups is 1. The van der Waals surface area contributed by atoms with E-state index in [4.69, 9.17) is 18.0 Å². The van der Waals surface area contributed by atoms with Crippen molar-refractivity contribution in [1.29, 1.82) is 0 Å². The number of hydrogen-bond acceptors (Lipinski definition) is 3. The summed E-state index contributed by atoms with van der Waals surface area (Å²) in [6.07, 6.45) is 3.02. The number of hydrogen-bond donors (Lipinski definition) is 1. The Kier molecular flexibility index (Phi) is 2.37. The minimum Gasteiger partial charge on any atom is -0.392 e. The van der Waals surface area contributed by atoms with Gasteiger partial charge in [0.05, 0.1) is 11.5 Å². The number of rotatable bonds is 2. The summed E-state index contributed by atoms with van der Waals surface area (Å²) in [4.78, 5) is 12.0. The molecule has 1 aromatic rings. The third-order valence-electron chi connectivity index (χ3n) is 2.34. The molecule has 5 nitrogen and oxygen atoms in total. The van der Waals surface area contributed by atoms with E-state index in [0.29, 0.717) is 4.99 Å². The highest BCUT2D eigenvalue weighted by atomic mass is 32.1. The molecule has 6 heteroatoms. The fourth-order valence-corrected chi connectivity index (χ4v) is 1.82. The first-order valence-corrected chi connectivity index (χ1v) is 5.04.